The van der Waals surface area contributed by atoms with Gasteiger partial charge in [-0.2, -0.15) is 0 Å². The van der Waals surface area contributed by atoms with Crippen LogP contribution in [0.5, 0.6) is 11.5 Å². The highest BCUT2D eigenvalue weighted by molar-refractivity contribution is 6.31. The molecule has 0 spiro atoms. The molecule has 12 heteroatoms. The van der Waals surface area contributed by atoms with Crippen LogP contribution in [0.25, 0.3) is 11.5 Å². The third-order valence-corrected chi connectivity index (χ3v) is 5.29. The van der Waals surface area contributed by atoms with Crippen LogP contribution in [0, 0.1) is 12.7 Å². The summed E-state index contributed by atoms with van der Waals surface area (Å²) in [6.45, 7) is 1.86. The lowest BCUT2D eigenvalue weighted by Crippen LogP contribution is -2.15. The Bertz CT molecular complexity index is 1370. The van der Waals surface area contributed by atoms with Crippen molar-refractivity contribution in [3.05, 3.63) is 64.4 Å². The molecule has 0 bridgehead atoms. The Morgan fingerprint density at radius 2 is 2.03 bits per heavy atom. The second-order valence-corrected chi connectivity index (χ2v) is 7.56. The van der Waals surface area contributed by atoms with Gasteiger partial charge in [0.2, 0.25) is 5.89 Å². The van der Waals surface area contributed by atoms with E-state index >= 15 is 0 Å². The molecule has 1 amide bonds. The highest BCUT2D eigenvalue weighted by Crippen LogP contribution is 2.34. The fourth-order valence-electron chi connectivity index (χ4n) is 3.17. The Hall–Kier alpha value is -4.12. The molecule has 0 saturated carbocycles. The minimum Gasteiger partial charge on any atom is -0.497 e. The molecule has 10 nitrogen and oxygen atoms in total. The van der Waals surface area contributed by atoms with Crippen molar-refractivity contribution in [3.8, 4) is 23.0 Å². The van der Waals surface area contributed by atoms with Crippen LogP contribution in [-0.4, -0.2) is 40.1 Å². The number of halogens is 2. The van der Waals surface area contributed by atoms with E-state index < -0.39 is 11.7 Å². The van der Waals surface area contributed by atoms with Gasteiger partial charge in [0.05, 0.1) is 31.4 Å². The molecule has 0 aliphatic heterocycles. The average Bonchev–Trinajstić information content (AvgIpc) is 3.38. The number of ether oxygens (including phenoxy) is 2. The summed E-state index contributed by atoms with van der Waals surface area (Å²) in [5.41, 5.74) is 7.48. The predicted molar refractivity (Wildman–Crippen MR) is 123 cm³/mol. The Balaban J connectivity index is 1.55. The van der Waals surface area contributed by atoms with Gasteiger partial charge in [-0.1, -0.05) is 16.8 Å². The summed E-state index contributed by atoms with van der Waals surface area (Å²) in [7, 11) is 3.10. The maximum absolute atomic E-state index is 13.3. The monoisotopic (exact) mass is 486 g/mol. The van der Waals surface area contributed by atoms with Crippen molar-refractivity contribution in [3.63, 3.8) is 0 Å². The topological polar surface area (TPSA) is 130 Å². The summed E-state index contributed by atoms with van der Waals surface area (Å²) in [4.78, 5) is 17.1. The zero-order chi connectivity index (χ0) is 24.4. The van der Waals surface area contributed by atoms with E-state index in [1.807, 2.05) is 0 Å². The van der Waals surface area contributed by atoms with E-state index in [1.54, 1.807) is 32.2 Å². The molecule has 0 fully saturated rings. The van der Waals surface area contributed by atoms with Gasteiger partial charge >= 0.3 is 0 Å². The van der Waals surface area contributed by atoms with Crippen molar-refractivity contribution in [2.24, 2.45) is 0 Å². The average molecular weight is 487 g/mol. The van der Waals surface area contributed by atoms with Crippen molar-refractivity contribution in [1.82, 2.24) is 20.0 Å². The minimum atomic E-state index is -0.619. The van der Waals surface area contributed by atoms with E-state index in [4.69, 9.17) is 31.2 Å². The summed E-state index contributed by atoms with van der Waals surface area (Å²) in [6.07, 6.45) is 0. The number of nitrogen functional groups attached to an aromatic ring is 1. The zero-order valence-corrected chi connectivity index (χ0v) is 19.2. The number of rotatable bonds is 7. The molecular weight excluding hydrogens is 467 g/mol. The van der Waals surface area contributed by atoms with Crippen LogP contribution in [0.15, 0.2) is 40.8 Å². The van der Waals surface area contributed by atoms with Crippen molar-refractivity contribution in [2.45, 2.75) is 13.5 Å². The van der Waals surface area contributed by atoms with Crippen LogP contribution in [0.4, 0.5) is 15.9 Å². The van der Waals surface area contributed by atoms with E-state index in [0.717, 1.165) is 6.07 Å². The molecule has 4 rings (SSSR count). The van der Waals surface area contributed by atoms with Crippen molar-refractivity contribution in [2.75, 3.05) is 25.3 Å². The van der Waals surface area contributed by atoms with E-state index in [2.05, 4.69) is 20.6 Å². The normalized spacial score (nSPS) is 10.9. The Kier molecular flexibility index (Phi) is 6.37. The first-order valence-corrected chi connectivity index (χ1v) is 10.3. The summed E-state index contributed by atoms with van der Waals surface area (Å²) < 4.78 is 31.1. The fourth-order valence-corrected chi connectivity index (χ4v) is 3.35. The predicted octanol–water partition coefficient (Wildman–Crippen LogP) is 3.93. The number of nitrogens with zero attached hydrogens (tertiary/aromatic N) is 4. The highest BCUT2D eigenvalue weighted by Gasteiger charge is 2.21. The maximum atomic E-state index is 13.3. The maximum Gasteiger partial charge on any atom is 0.280 e. The number of amides is 1. The van der Waals surface area contributed by atoms with Gasteiger partial charge in [-0.3, -0.25) is 4.79 Å². The Morgan fingerprint density at radius 3 is 2.74 bits per heavy atom. The summed E-state index contributed by atoms with van der Waals surface area (Å²) in [5, 5.41) is 10.3. The van der Waals surface area contributed by atoms with Crippen LogP contribution in [0.3, 0.4) is 0 Å². The van der Waals surface area contributed by atoms with E-state index in [-0.39, 0.29) is 28.8 Å². The fraction of sp³-hybridized carbons (Fsp3) is 0.182. The van der Waals surface area contributed by atoms with Gasteiger partial charge in [-0.05, 0) is 37.3 Å². The number of hydrogen-bond donors (Lipinski definition) is 2. The van der Waals surface area contributed by atoms with Crippen molar-refractivity contribution < 1.29 is 23.1 Å². The second kappa shape index (κ2) is 9.40. The number of aromatic nitrogens is 4. The van der Waals surface area contributed by atoms with Crippen molar-refractivity contribution >= 4 is 29.0 Å². The number of anilines is 2. The second-order valence-electron chi connectivity index (χ2n) is 7.15. The number of hydrogen-bond acceptors (Lipinski definition) is 8. The molecular formula is C22H20ClFN6O4. The lowest BCUT2D eigenvalue weighted by Gasteiger charge is -2.07. The molecule has 0 unspecified atom stereocenters. The number of benzene rings is 2. The van der Waals surface area contributed by atoms with Crippen LogP contribution in [0.2, 0.25) is 5.02 Å². The van der Waals surface area contributed by atoms with Gasteiger partial charge in [0.1, 0.15) is 28.8 Å². The molecule has 176 valence electrons. The van der Waals surface area contributed by atoms with Crippen molar-refractivity contribution in [1.29, 1.82) is 0 Å². The summed E-state index contributed by atoms with van der Waals surface area (Å²) in [5.74, 6) is 0.857. The molecule has 0 aliphatic rings. The molecule has 3 N–H and O–H groups in total. The van der Waals surface area contributed by atoms with Gasteiger partial charge in [0, 0.05) is 11.8 Å². The third kappa shape index (κ3) is 4.50. The minimum absolute atomic E-state index is 0.0247. The van der Waals surface area contributed by atoms with Crippen LogP contribution < -0.4 is 20.5 Å². The lowest BCUT2D eigenvalue weighted by atomic mass is 10.2. The third-order valence-electron chi connectivity index (χ3n) is 5.00. The van der Waals surface area contributed by atoms with E-state index in [0.29, 0.717) is 34.4 Å². The largest absolute Gasteiger partial charge is 0.497 e. The smallest absolute Gasteiger partial charge is 0.280 e. The molecule has 0 aliphatic carbocycles. The molecule has 2 heterocycles. The highest BCUT2D eigenvalue weighted by atomic mass is 35.5. The molecule has 0 atom stereocenters. The van der Waals surface area contributed by atoms with Crippen LogP contribution in [-0.2, 0) is 6.54 Å². The number of aryl methyl sites for hydroxylation is 1. The summed E-state index contributed by atoms with van der Waals surface area (Å²) >= 11 is 5.75. The first-order valence-electron chi connectivity index (χ1n) is 9.94. The van der Waals surface area contributed by atoms with Gasteiger partial charge in [-0.15, -0.1) is 5.10 Å². The first kappa shape index (κ1) is 23.1. The number of nitrogens with two attached hydrogens (primary N) is 1. The summed E-state index contributed by atoms with van der Waals surface area (Å²) in [6, 6.07) is 9.06. The van der Waals surface area contributed by atoms with Gasteiger partial charge < -0.3 is 24.9 Å². The van der Waals surface area contributed by atoms with Gasteiger partial charge in [-0.25, -0.2) is 14.1 Å². The van der Waals surface area contributed by atoms with Crippen LogP contribution >= 0.6 is 11.6 Å². The van der Waals surface area contributed by atoms with E-state index in [9.17, 15) is 9.18 Å². The number of oxazole rings is 1. The lowest BCUT2D eigenvalue weighted by molar-refractivity contribution is 0.102. The number of nitrogens with one attached hydrogen (secondary N) is 1. The Morgan fingerprint density at radius 1 is 1.24 bits per heavy atom. The number of carbonyl (C=O) groups excluding carboxylic acids is 1. The molecule has 2 aromatic heterocycles. The zero-order valence-electron chi connectivity index (χ0n) is 18.4. The standard InChI is InChI=1S/C22H20ClFN6O4/c1-11-17(27-22(34-11)14-6-5-13(32-2)9-18(14)33-3)10-30-20(25)19(28-29-30)21(31)26-12-4-7-16(24)15(23)8-12/h4-9H,10,25H2,1-3H3,(H,26,31). The SMILES string of the molecule is COc1ccc(-c2nc(Cn3nnc(C(=O)Nc4ccc(F)c(Cl)c4)c3N)c(C)o2)c(OC)c1. The van der Waals surface area contributed by atoms with Crippen LogP contribution in [0.1, 0.15) is 21.9 Å². The number of methoxy groups -OCH3 is 2. The van der Waals surface area contributed by atoms with Gasteiger partial charge in [0.15, 0.2) is 11.5 Å². The number of carbonyl (C=O) groups is 1. The first-order chi connectivity index (χ1) is 16.3. The molecule has 4 aromatic rings. The molecule has 34 heavy (non-hydrogen) atoms. The molecule has 0 radical (unpaired) electrons. The quantitative estimate of drug-likeness (QED) is 0.401. The van der Waals surface area contributed by atoms with E-state index in [1.165, 1.54) is 23.9 Å². The molecule has 0 saturated heterocycles. The van der Waals surface area contributed by atoms with Gasteiger partial charge in [0.25, 0.3) is 5.91 Å². The Labute approximate surface area is 198 Å². The molecule has 2 aromatic carbocycles.